The van der Waals surface area contributed by atoms with Crippen molar-refractivity contribution in [1.82, 2.24) is 0 Å². The van der Waals surface area contributed by atoms with Gasteiger partial charge in [0.05, 0.1) is 5.97 Å². The second-order valence-electron chi connectivity index (χ2n) is 3.98. The number of aliphatic carboxylic acids is 1. The SMILES string of the molecule is C=C(C)C(=O)[O-].CCCC[CH2][Sn+]([CH2]C)[CH2]C. The van der Waals surface area contributed by atoms with Crippen molar-refractivity contribution >= 4 is 25.7 Å². The minimum atomic E-state index is -1.19. The monoisotopic (exact) mass is 334 g/mol. The summed E-state index contributed by atoms with van der Waals surface area (Å²) in [6.45, 7) is 11.6. The van der Waals surface area contributed by atoms with Crippen LogP contribution in [0.3, 0.4) is 0 Å². The molecule has 0 aromatic heterocycles. The van der Waals surface area contributed by atoms with E-state index >= 15 is 0 Å². The number of carboxylic acid groups (broad SMARTS) is 1. The van der Waals surface area contributed by atoms with E-state index in [0.29, 0.717) is 0 Å². The maximum absolute atomic E-state index is 9.49. The van der Waals surface area contributed by atoms with E-state index < -0.39 is 25.7 Å². The summed E-state index contributed by atoms with van der Waals surface area (Å²) in [7, 11) is 0. The normalized spacial score (nSPS) is 9.00. The fourth-order valence-corrected chi connectivity index (χ4v) is 6.81. The van der Waals surface area contributed by atoms with Gasteiger partial charge < -0.3 is 9.90 Å². The van der Waals surface area contributed by atoms with Gasteiger partial charge in [0.1, 0.15) is 0 Å². The van der Waals surface area contributed by atoms with Crippen molar-refractivity contribution < 1.29 is 9.90 Å². The third kappa shape index (κ3) is 14.0. The van der Waals surface area contributed by atoms with Crippen LogP contribution in [-0.4, -0.2) is 25.7 Å². The molecule has 0 aliphatic heterocycles. The standard InChI is InChI=1S/C5H11.C4H6O2.2C2H5.Sn/c1-3-5-4-2;1-3(2)4(5)6;2*1-2;/h1,3-5H2,2H3;1H2,2H3,(H,5,6);2*1H2,2H3;/q;;;;+1/p-1. The molecule has 94 valence electrons. The third-order valence-corrected chi connectivity index (χ3v) is 11.2. The Hall–Kier alpha value is 0.00870. The summed E-state index contributed by atoms with van der Waals surface area (Å²) >= 11 is -0.735. The third-order valence-electron chi connectivity index (χ3n) is 2.48. The number of hydrogen-bond acceptors (Lipinski definition) is 2. The zero-order valence-corrected chi connectivity index (χ0v) is 14.1. The summed E-state index contributed by atoms with van der Waals surface area (Å²) in [5, 5.41) is 9.49. The predicted molar refractivity (Wildman–Crippen MR) is 70.9 cm³/mol. The Kier molecular flexibility index (Phi) is 15.0. The van der Waals surface area contributed by atoms with Crippen LogP contribution in [0, 0.1) is 0 Å². The summed E-state index contributed by atoms with van der Waals surface area (Å²) in [6, 6.07) is 0. The summed E-state index contributed by atoms with van der Waals surface area (Å²) in [5.74, 6) is -1.19. The Bertz CT molecular complexity index is 174. The fraction of sp³-hybridized carbons (Fsp3) is 0.769. The molecule has 0 saturated heterocycles. The van der Waals surface area contributed by atoms with Gasteiger partial charge in [-0.15, -0.1) is 0 Å². The van der Waals surface area contributed by atoms with E-state index in [1.54, 1.807) is 13.3 Å². The number of carbonyl (C=O) groups excluding carboxylic acids is 1. The molecule has 0 atom stereocenters. The molecule has 0 radical (unpaired) electrons. The van der Waals surface area contributed by atoms with E-state index in [1.165, 1.54) is 26.2 Å². The quantitative estimate of drug-likeness (QED) is 0.408. The molecule has 0 unspecified atom stereocenters. The van der Waals surface area contributed by atoms with E-state index in [2.05, 4.69) is 27.4 Å². The first-order valence-electron chi connectivity index (χ1n) is 6.19. The minimum absolute atomic E-state index is 0.0648. The number of carboxylic acids is 1. The van der Waals surface area contributed by atoms with Crippen LogP contribution in [-0.2, 0) is 4.79 Å². The van der Waals surface area contributed by atoms with Crippen LogP contribution in [0.1, 0.15) is 47.0 Å². The first kappa shape index (κ1) is 18.4. The maximum atomic E-state index is 9.49. The van der Waals surface area contributed by atoms with Crippen molar-refractivity contribution in [2.45, 2.75) is 60.3 Å². The topological polar surface area (TPSA) is 40.1 Å². The van der Waals surface area contributed by atoms with Crippen LogP contribution in [0.4, 0.5) is 0 Å². The molecule has 2 nitrogen and oxygen atoms in total. The molecule has 0 aromatic carbocycles. The Balaban J connectivity index is 0. The van der Waals surface area contributed by atoms with Crippen LogP contribution >= 0.6 is 0 Å². The molecule has 0 fully saturated rings. The molecule has 3 heteroatoms. The summed E-state index contributed by atoms with van der Waals surface area (Å²) < 4.78 is 4.80. The summed E-state index contributed by atoms with van der Waals surface area (Å²) in [5.41, 5.74) is 0.0648. The Morgan fingerprint density at radius 2 is 1.62 bits per heavy atom. The van der Waals surface area contributed by atoms with Crippen LogP contribution in [0.5, 0.6) is 0 Å². The number of carbonyl (C=O) groups is 1. The van der Waals surface area contributed by atoms with E-state index in [1.807, 2.05) is 0 Å². The second-order valence-corrected chi connectivity index (χ2v) is 13.7. The van der Waals surface area contributed by atoms with Crippen molar-refractivity contribution in [3.8, 4) is 0 Å². The Labute approximate surface area is 108 Å². The molecule has 0 saturated carbocycles. The zero-order valence-electron chi connectivity index (χ0n) is 11.3. The molecule has 0 N–H and O–H groups in total. The van der Waals surface area contributed by atoms with Gasteiger partial charge in [-0.2, -0.15) is 0 Å². The van der Waals surface area contributed by atoms with Crippen LogP contribution in [0.2, 0.25) is 13.3 Å². The van der Waals surface area contributed by atoms with Crippen LogP contribution < -0.4 is 5.11 Å². The van der Waals surface area contributed by atoms with E-state index in [0.717, 1.165) is 0 Å². The molecular formula is C13H26O2Sn. The van der Waals surface area contributed by atoms with Gasteiger partial charge in [-0.05, 0) is 12.5 Å². The molecule has 0 aliphatic rings. The number of rotatable bonds is 7. The second kappa shape index (κ2) is 13.1. The van der Waals surface area contributed by atoms with Gasteiger partial charge in [-0.3, -0.25) is 0 Å². The van der Waals surface area contributed by atoms with Crippen LogP contribution in [0.25, 0.3) is 0 Å². The molecule has 0 heterocycles. The first-order valence-corrected chi connectivity index (χ1v) is 12.2. The van der Waals surface area contributed by atoms with E-state index in [-0.39, 0.29) is 5.57 Å². The van der Waals surface area contributed by atoms with Gasteiger partial charge in [-0.25, -0.2) is 0 Å². The van der Waals surface area contributed by atoms with Crippen molar-refractivity contribution in [3.63, 3.8) is 0 Å². The molecule has 0 aromatic rings. The van der Waals surface area contributed by atoms with Gasteiger partial charge in [0.15, 0.2) is 0 Å². The van der Waals surface area contributed by atoms with Gasteiger partial charge in [0.25, 0.3) is 0 Å². The van der Waals surface area contributed by atoms with Gasteiger partial charge in [-0.1, -0.05) is 6.58 Å². The average Bonchev–Trinajstić information content (AvgIpc) is 2.25. The predicted octanol–water partition coefficient (Wildman–Crippen LogP) is 3.02. The van der Waals surface area contributed by atoms with Crippen molar-refractivity contribution in [3.05, 3.63) is 12.2 Å². The van der Waals surface area contributed by atoms with Crippen molar-refractivity contribution in [2.75, 3.05) is 0 Å². The Morgan fingerprint density at radius 3 is 1.88 bits per heavy atom. The summed E-state index contributed by atoms with van der Waals surface area (Å²) in [4.78, 5) is 9.49. The number of hydrogen-bond donors (Lipinski definition) is 0. The van der Waals surface area contributed by atoms with Gasteiger partial charge in [0.2, 0.25) is 0 Å². The van der Waals surface area contributed by atoms with Gasteiger partial charge >= 0.3 is 73.1 Å². The van der Waals surface area contributed by atoms with Crippen molar-refractivity contribution in [1.29, 1.82) is 0 Å². The first-order chi connectivity index (χ1) is 7.49. The zero-order chi connectivity index (χ0) is 13.0. The molecule has 0 rings (SSSR count). The molecule has 0 bridgehead atoms. The van der Waals surface area contributed by atoms with Crippen LogP contribution in [0.15, 0.2) is 12.2 Å². The molecular weight excluding hydrogens is 307 g/mol. The molecule has 0 spiro atoms. The van der Waals surface area contributed by atoms with E-state index in [9.17, 15) is 9.90 Å². The molecule has 0 amide bonds. The molecule has 0 aliphatic carbocycles. The summed E-state index contributed by atoms with van der Waals surface area (Å²) in [6.07, 6.45) is 4.40. The molecule has 16 heavy (non-hydrogen) atoms. The number of unbranched alkanes of at least 4 members (excludes halogenated alkanes) is 2. The fourth-order valence-electron chi connectivity index (χ4n) is 1.23. The van der Waals surface area contributed by atoms with Crippen molar-refractivity contribution in [2.24, 2.45) is 0 Å². The average molecular weight is 333 g/mol. The Morgan fingerprint density at radius 1 is 1.19 bits per heavy atom. The van der Waals surface area contributed by atoms with Gasteiger partial charge in [0, 0.05) is 0 Å². The van der Waals surface area contributed by atoms with E-state index in [4.69, 9.17) is 0 Å².